The number of halogens is 5. The van der Waals surface area contributed by atoms with Gasteiger partial charge in [0.1, 0.15) is 5.82 Å². The predicted octanol–water partition coefficient (Wildman–Crippen LogP) is 4.23. The van der Waals surface area contributed by atoms with Crippen molar-refractivity contribution in [3.63, 3.8) is 0 Å². The molecule has 0 spiro atoms. The van der Waals surface area contributed by atoms with E-state index in [1.54, 1.807) is 0 Å². The van der Waals surface area contributed by atoms with Crippen LogP contribution in [0, 0.1) is 11.7 Å². The van der Waals surface area contributed by atoms with Gasteiger partial charge in [0.15, 0.2) is 0 Å². The van der Waals surface area contributed by atoms with Crippen molar-refractivity contribution in [2.24, 2.45) is 5.92 Å². The number of benzene rings is 1. The molecule has 0 aliphatic heterocycles. The molecule has 0 heterocycles. The van der Waals surface area contributed by atoms with Crippen molar-refractivity contribution in [2.45, 2.75) is 32.5 Å². The van der Waals surface area contributed by atoms with Crippen molar-refractivity contribution < 1.29 is 22.4 Å². The minimum atomic E-state index is -4.84. The Morgan fingerprint density at radius 1 is 1.33 bits per heavy atom. The summed E-state index contributed by atoms with van der Waals surface area (Å²) in [4.78, 5) is 11.9. The van der Waals surface area contributed by atoms with Crippen LogP contribution in [0.1, 0.15) is 36.2 Å². The Labute approximate surface area is 125 Å². The van der Waals surface area contributed by atoms with E-state index in [0.717, 1.165) is 12.1 Å². The molecule has 0 saturated carbocycles. The van der Waals surface area contributed by atoms with Crippen molar-refractivity contribution in [3.05, 3.63) is 35.1 Å². The highest BCUT2D eigenvalue weighted by atomic mass is 35.5. The normalized spacial score (nSPS) is 13.3. The van der Waals surface area contributed by atoms with Gasteiger partial charge in [0, 0.05) is 11.9 Å². The van der Waals surface area contributed by atoms with Gasteiger partial charge in [-0.15, -0.1) is 11.6 Å². The van der Waals surface area contributed by atoms with Crippen LogP contribution in [-0.4, -0.2) is 17.8 Å². The molecule has 0 radical (unpaired) electrons. The molecule has 1 atom stereocenters. The molecule has 1 unspecified atom stereocenters. The quantitative estimate of drug-likeness (QED) is 0.637. The highest BCUT2D eigenvalue weighted by Crippen LogP contribution is 2.32. The fourth-order valence-electron chi connectivity index (χ4n) is 1.92. The smallest absolute Gasteiger partial charge is 0.348 e. The van der Waals surface area contributed by atoms with Crippen LogP contribution < -0.4 is 5.32 Å². The predicted molar refractivity (Wildman–Crippen MR) is 72.8 cm³/mol. The summed E-state index contributed by atoms with van der Waals surface area (Å²) < 4.78 is 51.6. The van der Waals surface area contributed by atoms with E-state index in [0.29, 0.717) is 12.5 Å². The molecule has 7 heteroatoms. The standard InChI is InChI=1S/C14H16ClF4NO/c1-8(2)6-9(7-15)20-13(21)10-4-3-5-11(12(10)16)14(17,18)19/h3-5,8-9H,6-7H2,1-2H3,(H,20,21). The zero-order chi connectivity index (χ0) is 16.2. The molecule has 1 N–H and O–H groups in total. The van der Waals surface area contributed by atoms with Crippen LogP contribution in [0.3, 0.4) is 0 Å². The van der Waals surface area contributed by atoms with Gasteiger partial charge in [-0.25, -0.2) is 4.39 Å². The van der Waals surface area contributed by atoms with Crippen LogP contribution in [0.5, 0.6) is 0 Å². The Morgan fingerprint density at radius 2 is 1.95 bits per heavy atom. The monoisotopic (exact) mass is 325 g/mol. The molecular formula is C14H16ClF4NO. The molecular weight excluding hydrogens is 310 g/mol. The lowest BCUT2D eigenvalue weighted by Gasteiger charge is -2.19. The van der Waals surface area contributed by atoms with Crippen molar-refractivity contribution in [1.29, 1.82) is 0 Å². The average Bonchev–Trinajstić information content (AvgIpc) is 2.35. The zero-order valence-electron chi connectivity index (χ0n) is 11.6. The Morgan fingerprint density at radius 3 is 2.43 bits per heavy atom. The van der Waals surface area contributed by atoms with Crippen molar-refractivity contribution in [2.75, 3.05) is 5.88 Å². The number of nitrogens with one attached hydrogen (secondary N) is 1. The summed E-state index contributed by atoms with van der Waals surface area (Å²) in [5.74, 6) is -2.13. The topological polar surface area (TPSA) is 29.1 Å². The van der Waals surface area contributed by atoms with Gasteiger partial charge >= 0.3 is 6.18 Å². The third-order valence-electron chi connectivity index (χ3n) is 2.83. The molecule has 118 valence electrons. The lowest BCUT2D eigenvalue weighted by molar-refractivity contribution is -0.140. The van der Waals surface area contributed by atoms with E-state index < -0.39 is 35.1 Å². The van der Waals surface area contributed by atoms with E-state index in [4.69, 9.17) is 11.6 Å². The maximum atomic E-state index is 13.8. The third kappa shape index (κ3) is 4.88. The van der Waals surface area contributed by atoms with Gasteiger partial charge in [0.2, 0.25) is 0 Å². The number of carbonyl (C=O) groups is 1. The van der Waals surface area contributed by atoms with Crippen molar-refractivity contribution in [1.82, 2.24) is 5.32 Å². The van der Waals surface area contributed by atoms with E-state index in [-0.39, 0.29) is 11.8 Å². The summed E-state index contributed by atoms with van der Waals surface area (Å²) in [6, 6.07) is 2.19. The largest absolute Gasteiger partial charge is 0.419 e. The summed E-state index contributed by atoms with van der Waals surface area (Å²) in [5, 5.41) is 2.46. The second-order valence-electron chi connectivity index (χ2n) is 5.12. The molecule has 0 saturated heterocycles. The van der Waals surface area contributed by atoms with E-state index in [9.17, 15) is 22.4 Å². The molecule has 21 heavy (non-hydrogen) atoms. The zero-order valence-corrected chi connectivity index (χ0v) is 12.4. The fraction of sp³-hybridized carbons (Fsp3) is 0.500. The molecule has 0 fully saturated rings. The number of amides is 1. The van der Waals surface area contributed by atoms with Crippen LogP contribution in [0.25, 0.3) is 0 Å². The lowest BCUT2D eigenvalue weighted by atomic mass is 10.0. The van der Waals surface area contributed by atoms with Gasteiger partial charge < -0.3 is 5.32 Å². The average molecular weight is 326 g/mol. The van der Waals surface area contributed by atoms with Crippen LogP contribution in [-0.2, 0) is 6.18 Å². The number of alkyl halides is 4. The first kappa shape index (κ1) is 17.8. The Kier molecular flexibility index (Phi) is 6.01. The van der Waals surface area contributed by atoms with Gasteiger partial charge in [-0.1, -0.05) is 19.9 Å². The number of rotatable bonds is 5. The molecule has 1 rings (SSSR count). The molecule has 2 nitrogen and oxygen atoms in total. The molecule has 0 aromatic heterocycles. The van der Waals surface area contributed by atoms with Crippen molar-refractivity contribution in [3.8, 4) is 0 Å². The Hall–Kier alpha value is -1.30. The highest BCUT2D eigenvalue weighted by Gasteiger charge is 2.35. The summed E-state index contributed by atoms with van der Waals surface area (Å²) >= 11 is 5.70. The summed E-state index contributed by atoms with van der Waals surface area (Å²) in [6.45, 7) is 3.83. The van der Waals surface area contributed by atoms with Crippen LogP contribution in [0.4, 0.5) is 17.6 Å². The molecule has 1 aromatic rings. The molecule has 1 aromatic carbocycles. The molecule has 0 aliphatic rings. The van der Waals surface area contributed by atoms with Crippen LogP contribution >= 0.6 is 11.6 Å². The van der Waals surface area contributed by atoms with E-state index in [1.807, 2.05) is 13.8 Å². The minimum absolute atomic E-state index is 0.102. The second-order valence-corrected chi connectivity index (χ2v) is 5.43. The summed E-state index contributed by atoms with van der Waals surface area (Å²) in [6.07, 6.45) is -4.29. The molecule has 1 amide bonds. The Balaban J connectivity index is 2.98. The number of hydrogen-bond donors (Lipinski definition) is 1. The van der Waals surface area contributed by atoms with E-state index >= 15 is 0 Å². The molecule has 0 aliphatic carbocycles. The highest BCUT2D eigenvalue weighted by molar-refractivity contribution is 6.18. The minimum Gasteiger partial charge on any atom is -0.348 e. The van der Waals surface area contributed by atoms with E-state index in [2.05, 4.69) is 5.32 Å². The van der Waals surface area contributed by atoms with Gasteiger partial charge in [-0.05, 0) is 24.5 Å². The van der Waals surface area contributed by atoms with Gasteiger partial charge in [0.25, 0.3) is 5.91 Å². The number of carbonyl (C=O) groups excluding carboxylic acids is 1. The third-order valence-corrected chi connectivity index (χ3v) is 3.20. The van der Waals surface area contributed by atoms with Crippen LogP contribution in [0.2, 0.25) is 0 Å². The first-order chi connectivity index (χ1) is 9.66. The van der Waals surface area contributed by atoms with E-state index in [1.165, 1.54) is 0 Å². The Bertz CT molecular complexity index is 502. The van der Waals surface area contributed by atoms with Crippen LogP contribution in [0.15, 0.2) is 18.2 Å². The first-order valence-electron chi connectivity index (χ1n) is 6.39. The first-order valence-corrected chi connectivity index (χ1v) is 6.92. The SMILES string of the molecule is CC(C)CC(CCl)NC(=O)c1cccc(C(F)(F)F)c1F. The fourth-order valence-corrected chi connectivity index (χ4v) is 2.12. The second kappa shape index (κ2) is 7.11. The lowest BCUT2D eigenvalue weighted by Crippen LogP contribution is -2.37. The van der Waals surface area contributed by atoms with Crippen molar-refractivity contribution >= 4 is 17.5 Å². The number of hydrogen-bond acceptors (Lipinski definition) is 1. The summed E-state index contributed by atoms with van der Waals surface area (Å²) in [7, 11) is 0. The summed E-state index contributed by atoms with van der Waals surface area (Å²) in [5.41, 5.74) is -2.09. The molecule has 0 bridgehead atoms. The van der Waals surface area contributed by atoms with Gasteiger partial charge in [-0.2, -0.15) is 13.2 Å². The maximum Gasteiger partial charge on any atom is 0.419 e. The maximum absolute atomic E-state index is 13.8. The van der Waals surface area contributed by atoms with Gasteiger partial charge in [0.05, 0.1) is 11.1 Å². The van der Waals surface area contributed by atoms with Gasteiger partial charge in [-0.3, -0.25) is 4.79 Å².